The molecule has 4 aromatic rings. The van der Waals surface area contributed by atoms with Gasteiger partial charge in [-0.15, -0.1) is 0 Å². The highest BCUT2D eigenvalue weighted by Gasteiger charge is 2.24. The van der Waals surface area contributed by atoms with Gasteiger partial charge in [-0.05, 0) is 48.7 Å². The van der Waals surface area contributed by atoms with E-state index in [9.17, 15) is 18.3 Å². The second-order valence-corrected chi connectivity index (χ2v) is 10.9. The van der Waals surface area contributed by atoms with Crippen LogP contribution >= 0.6 is 0 Å². The smallest absolute Gasteiger partial charge is 0.268 e. The van der Waals surface area contributed by atoms with Crippen LogP contribution in [-0.2, 0) is 10.0 Å². The second kappa shape index (κ2) is 9.68. The standard InChI is InChI=1S/C28H28N2O4S/c31-27-13-7-4-10-22(27)18-29-28(32)21-14-16-23(17-15-21)35(33,34)30-19-25(20-8-2-1-3-9-20)24-11-5-6-12-26(24)30/h1-3,5-6,8-9,11-12,14-17,19,22,27,31H,4,7,10,13,18H2,(H,29,32). The Kier molecular flexibility index (Phi) is 6.45. The number of nitrogens with one attached hydrogen (secondary N) is 1. The number of fused-ring (bicyclic) bond motifs is 1. The summed E-state index contributed by atoms with van der Waals surface area (Å²) in [4.78, 5) is 12.7. The predicted molar refractivity (Wildman–Crippen MR) is 137 cm³/mol. The second-order valence-electron chi connectivity index (χ2n) is 9.07. The lowest BCUT2D eigenvalue weighted by molar-refractivity contribution is 0.0663. The summed E-state index contributed by atoms with van der Waals surface area (Å²) in [7, 11) is -3.88. The molecule has 180 valence electrons. The number of aromatic nitrogens is 1. The molecule has 1 aromatic heterocycles. The number of nitrogens with zero attached hydrogens (tertiary/aromatic N) is 1. The Morgan fingerprint density at radius 1 is 0.914 bits per heavy atom. The Bertz CT molecular complexity index is 1440. The van der Waals surface area contributed by atoms with Crippen molar-refractivity contribution in [2.75, 3.05) is 6.54 Å². The van der Waals surface area contributed by atoms with E-state index in [0.29, 0.717) is 17.6 Å². The Morgan fingerprint density at radius 3 is 2.34 bits per heavy atom. The van der Waals surface area contributed by atoms with Crippen LogP contribution in [0.5, 0.6) is 0 Å². The highest BCUT2D eigenvalue weighted by Crippen LogP contribution is 2.33. The van der Waals surface area contributed by atoms with Gasteiger partial charge in [0.2, 0.25) is 0 Å². The molecule has 1 saturated carbocycles. The van der Waals surface area contributed by atoms with Gasteiger partial charge in [0, 0.05) is 35.2 Å². The molecule has 5 rings (SSSR count). The topological polar surface area (TPSA) is 88.4 Å². The first-order valence-corrected chi connectivity index (χ1v) is 13.4. The van der Waals surface area contributed by atoms with Crippen LogP contribution in [0.2, 0.25) is 0 Å². The average Bonchev–Trinajstić information content (AvgIpc) is 3.29. The third-order valence-corrected chi connectivity index (χ3v) is 8.52. The fraction of sp³-hybridized carbons (Fsp3) is 0.250. The van der Waals surface area contributed by atoms with E-state index in [1.165, 1.54) is 28.2 Å². The maximum Gasteiger partial charge on any atom is 0.268 e. The van der Waals surface area contributed by atoms with Crippen molar-refractivity contribution in [1.29, 1.82) is 0 Å². The third kappa shape index (κ3) is 4.61. The van der Waals surface area contributed by atoms with Gasteiger partial charge in [0.15, 0.2) is 0 Å². The van der Waals surface area contributed by atoms with Crippen LogP contribution in [0.25, 0.3) is 22.0 Å². The van der Waals surface area contributed by atoms with Crippen LogP contribution in [-0.4, -0.2) is 36.1 Å². The molecule has 7 heteroatoms. The van der Waals surface area contributed by atoms with Crippen LogP contribution in [0.3, 0.4) is 0 Å². The molecule has 0 radical (unpaired) electrons. The fourth-order valence-electron chi connectivity index (χ4n) is 4.84. The number of aliphatic hydroxyl groups is 1. The third-order valence-electron chi connectivity index (χ3n) is 6.83. The number of carbonyl (C=O) groups is 1. The summed E-state index contributed by atoms with van der Waals surface area (Å²) in [6.07, 6.45) is 5.02. The SMILES string of the molecule is O=C(NCC1CCCCC1O)c1ccc(S(=O)(=O)n2cc(-c3ccccc3)c3ccccc32)cc1. The Hall–Kier alpha value is -3.42. The van der Waals surface area contributed by atoms with Crippen molar-refractivity contribution in [3.63, 3.8) is 0 Å². The van der Waals surface area contributed by atoms with Crippen molar-refractivity contribution in [2.24, 2.45) is 5.92 Å². The van der Waals surface area contributed by atoms with Crippen molar-refractivity contribution in [3.05, 3.63) is 90.6 Å². The lowest BCUT2D eigenvalue weighted by atomic mass is 9.86. The number of benzene rings is 3. The maximum absolute atomic E-state index is 13.6. The van der Waals surface area contributed by atoms with Crippen molar-refractivity contribution in [2.45, 2.75) is 36.7 Å². The normalized spacial score (nSPS) is 18.4. The molecule has 1 fully saturated rings. The van der Waals surface area contributed by atoms with Crippen LogP contribution < -0.4 is 5.32 Å². The zero-order chi connectivity index (χ0) is 24.4. The molecule has 1 aliphatic carbocycles. The van der Waals surface area contributed by atoms with Gasteiger partial charge in [0.05, 0.1) is 16.5 Å². The van der Waals surface area contributed by atoms with Crippen LogP contribution in [0.15, 0.2) is 90.0 Å². The van der Waals surface area contributed by atoms with E-state index in [0.717, 1.165) is 42.2 Å². The minimum Gasteiger partial charge on any atom is -0.393 e. The van der Waals surface area contributed by atoms with Gasteiger partial charge < -0.3 is 10.4 Å². The summed E-state index contributed by atoms with van der Waals surface area (Å²) in [5.41, 5.74) is 2.76. The highest BCUT2D eigenvalue weighted by molar-refractivity contribution is 7.90. The molecule has 0 bridgehead atoms. The summed E-state index contributed by atoms with van der Waals surface area (Å²) in [6, 6.07) is 23.1. The fourth-order valence-corrected chi connectivity index (χ4v) is 6.21. The molecule has 0 spiro atoms. The van der Waals surface area contributed by atoms with Crippen LogP contribution in [0.4, 0.5) is 0 Å². The number of hydrogen-bond donors (Lipinski definition) is 2. The van der Waals surface area contributed by atoms with Crippen molar-refractivity contribution < 1.29 is 18.3 Å². The molecule has 1 amide bonds. The van der Waals surface area contributed by atoms with Gasteiger partial charge in [0.25, 0.3) is 15.9 Å². The Morgan fingerprint density at radius 2 is 1.60 bits per heavy atom. The van der Waals surface area contributed by atoms with E-state index >= 15 is 0 Å². The first-order valence-electron chi connectivity index (χ1n) is 11.9. The molecule has 35 heavy (non-hydrogen) atoms. The maximum atomic E-state index is 13.6. The minimum absolute atomic E-state index is 0.0631. The first kappa shape index (κ1) is 23.3. The molecule has 2 atom stereocenters. The largest absolute Gasteiger partial charge is 0.393 e. The molecule has 2 N–H and O–H groups in total. The van der Waals surface area contributed by atoms with Gasteiger partial charge >= 0.3 is 0 Å². The highest BCUT2D eigenvalue weighted by atomic mass is 32.2. The number of hydrogen-bond acceptors (Lipinski definition) is 4. The molecule has 6 nitrogen and oxygen atoms in total. The summed E-state index contributed by atoms with van der Waals surface area (Å²) in [5.74, 6) is -0.210. The molecule has 0 saturated heterocycles. The molecule has 3 aromatic carbocycles. The lowest BCUT2D eigenvalue weighted by Gasteiger charge is -2.27. The number of carbonyl (C=O) groups excluding carboxylic acids is 1. The van der Waals surface area contributed by atoms with E-state index in [1.54, 1.807) is 12.3 Å². The zero-order valence-electron chi connectivity index (χ0n) is 19.3. The average molecular weight is 489 g/mol. The molecule has 2 unspecified atom stereocenters. The van der Waals surface area contributed by atoms with Crippen molar-refractivity contribution >= 4 is 26.8 Å². The van der Waals surface area contributed by atoms with E-state index in [1.807, 2.05) is 48.5 Å². The minimum atomic E-state index is -3.88. The van der Waals surface area contributed by atoms with Gasteiger partial charge in [-0.3, -0.25) is 4.79 Å². The van der Waals surface area contributed by atoms with Gasteiger partial charge in [0.1, 0.15) is 0 Å². The van der Waals surface area contributed by atoms with E-state index < -0.39 is 10.0 Å². The van der Waals surface area contributed by atoms with Crippen LogP contribution in [0.1, 0.15) is 36.0 Å². The number of amides is 1. The van der Waals surface area contributed by atoms with E-state index in [2.05, 4.69) is 5.32 Å². The molecular formula is C28H28N2O4S. The monoisotopic (exact) mass is 488 g/mol. The summed E-state index contributed by atoms with van der Waals surface area (Å²) < 4.78 is 28.5. The summed E-state index contributed by atoms with van der Waals surface area (Å²) in [5, 5.41) is 13.8. The summed E-state index contributed by atoms with van der Waals surface area (Å²) >= 11 is 0. The Labute approximate surface area is 205 Å². The van der Waals surface area contributed by atoms with Gasteiger partial charge in [-0.25, -0.2) is 12.4 Å². The van der Waals surface area contributed by atoms with Crippen LogP contribution in [0, 0.1) is 5.92 Å². The molecule has 0 aliphatic heterocycles. The van der Waals surface area contributed by atoms with Crippen molar-refractivity contribution in [1.82, 2.24) is 9.29 Å². The predicted octanol–water partition coefficient (Wildman–Crippen LogP) is 4.83. The first-order chi connectivity index (χ1) is 16.9. The number of aliphatic hydroxyl groups excluding tert-OH is 1. The quantitative estimate of drug-likeness (QED) is 0.407. The molecule has 1 aliphatic rings. The van der Waals surface area contributed by atoms with Gasteiger partial charge in [-0.2, -0.15) is 0 Å². The summed E-state index contributed by atoms with van der Waals surface area (Å²) in [6.45, 7) is 0.414. The molecular weight excluding hydrogens is 460 g/mol. The molecule has 1 heterocycles. The van der Waals surface area contributed by atoms with E-state index in [-0.39, 0.29) is 22.8 Å². The Balaban J connectivity index is 1.40. The number of para-hydroxylation sites is 1. The zero-order valence-corrected chi connectivity index (χ0v) is 20.1. The van der Waals surface area contributed by atoms with Gasteiger partial charge in [-0.1, -0.05) is 61.4 Å². The van der Waals surface area contributed by atoms with E-state index in [4.69, 9.17) is 0 Å². The van der Waals surface area contributed by atoms with Crippen molar-refractivity contribution in [3.8, 4) is 11.1 Å². The lowest BCUT2D eigenvalue weighted by Crippen LogP contribution is -2.36. The number of rotatable bonds is 6.